The van der Waals surface area contributed by atoms with E-state index in [-0.39, 0.29) is 23.7 Å². The summed E-state index contributed by atoms with van der Waals surface area (Å²) in [6.45, 7) is -0.601. The standard InChI is InChI=1S/C17H24F3N3O2/c18-17(19,20)12-25-15-5-4-13(10-23-15)9-22-14(24)8-16(11-21)6-2-1-3-7-16/h4-5,10H,1-3,6-9,11-12,21H2,(H,22,24). The van der Waals surface area contributed by atoms with E-state index in [0.29, 0.717) is 18.5 Å². The van der Waals surface area contributed by atoms with E-state index < -0.39 is 12.8 Å². The topological polar surface area (TPSA) is 77.2 Å². The molecule has 0 aromatic carbocycles. The Morgan fingerprint density at radius 2 is 2.00 bits per heavy atom. The zero-order valence-corrected chi connectivity index (χ0v) is 14.1. The van der Waals surface area contributed by atoms with E-state index in [4.69, 9.17) is 5.73 Å². The number of halogens is 3. The summed E-state index contributed by atoms with van der Waals surface area (Å²) in [6.07, 6.45) is 2.76. The van der Waals surface area contributed by atoms with E-state index in [1.165, 1.54) is 18.7 Å². The number of rotatable bonds is 7. The molecule has 0 atom stereocenters. The highest BCUT2D eigenvalue weighted by Crippen LogP contribution is 2.38. The first kappa shape index (κ1) is 19.5. The van der Waals surface area contributed by atoms with Gasteiger partial charge in [0.05, 0.1) is 0 Å². The lowest BCUT2D eigenvalue weighted by Gasteiger charge is -2.35. The lowest BCUT2D eigenvalue weighted by Crippen LogP contribution is -2.38. The highest BCUT2D eigenvalue weighted by Gasteiger charge is 2.32. The highest BCUT2D eigenvalue weighted by atomic mass is 19.4. The number of nitrogens with two attached hydrogens (primary N) is 1. The van der Waals surface area contributed by atoms with Crippen molar-refractivity contribution in [2.24, 2.45) is 11.1 Å². The fourth-order valence-electron chi connectivity index (χ4n) is 3.12. The molecule has 1 aliphatic carbocycles. The molecule has 1 saturated carbocycles. The molecule has 2 rings (SSSR count). The third-order valence-corrected chi connectivity index (χ3v) is 4.55. The van der Waals surface area contributed by atoms with Gasteiger partial charge < -0.3 is 15.8 Å². The smallest absolute Gasteiger partial charge is 0.422 e. The Labute approximate surface area is 145 Å². The summed E-state index contributed by atoms with van der Waals surface area (Å²) in [7, 11) is 0. The van der Waals surface area contributed by atoms with Crippen LogP contribution in [0.4, 0.5) is 13.2 Å². The molecular formula is C17H24F3N3O2. The Bertz CT molecular complexity index is 555. The summed E-state index contributed by atoms with van der Waals surface area (Å²) in [6, 6.07) is 2.94. The Hall–Kier alpha value is -1.83. The summed E-state index contributed by atoms with van der Waals surface area (Å²) < 4.78 is 40.8. The summed E-state index contributed by atoms with van der Waals surface area (Å²) in [5, 5.41) is 2.83. The van der Waals surface area contributed by atoms with Crippen molar-refractivity contribution in [3.8, 4) is 5.88 Å². The molecule has 1 aromatic heterocycles. The normalized spacial score (nSPS) is 17.1. The lowest BCUT2D eigenvalue weighted by molar-refractivity contribution is -0.154. The molecular weight excluding hydrogens is 335 g/mol. The van der Waals surface area contributed by atoms with Crippen LogP contribution in [0.15, 0.2) is 18.3 Å². The number of hydrogen-bond donors (Lipinski definition) is 2. The van der Waals surface area contributed by atoms with Crippen LogP contribution in [-0.2, 0) is 11.3 Å². The van der Waals surface area contributed by atoms with E-state index in [1.54, 1.807) is 6.07 Å². The molecule has 5 nitrogen and oxygen atoms in total. The third kappa shape index (κ3) is 6.53. The Morgan fingerprint density at radius 3 is 2.56 bits per heavy atom. The van der Waals surface area contributed by atoms with Gasteiger partial charge in [0.25, 0.3) is 0 Å². The average molecular weight is 359 g/mol. The fourth-order valence-corrected chi connectivity index (χ4v) is 3.12. The van der Waals surface area contributed by atoms with Gasteiger partial charge in [0.2, 0.25) is 11.8 Å². The maximum atomic E-state index is 12.2. The van der Waals surface area contributed by atoms with Gasteiger partial charge in [-0.25, -0.2) is 4.98 Å². The summed E-state index contributed by atoms with van der Waals surface area (Å²) in [5.41, 5.74) is 6.48. The average Bonchev–Trinajstić information content (AvgIpc) is 2.59. The number of nitrogens with zero attached hydrogens (tertiary/aromatic N) is 1. The maximum absolute atomic E-state index is 12.2. The number of ether oxygens (including phenoxy) is 1. The molecule has 0 saturated heterocycles. The van der Waals surface area contributed by atoms with Gasteiger partial charge in [-0.05, 0) is 30.4 Å². The molecule has 0 aliphatic heterocycles. The van der Waals surface area contributed by atoms with Crippen LogP contribution in [0.1, 0.15) is 44.1 Å². The predicted molar refractivity (Wildman–Crippen MR) is 86.8 cm³/mol. The van der Waals surface area contributed by atoms with Gasteiger partial charge in [-0.15, -0.1) is 0 Å². The van der Waals surface area contributed by atoms with Crippen molar-refractivity contribution in [3.05, 3.63) is 23.9 Å². The van der Waals surface area contributed by atoms with Crippen molar-refractivity contribution in [3.63, 3.8) is 0 Å². The Kier molecular flexibility index (Phi) is 6.64. The SMILES string of the molecule is NCC1(CC(=O)NCc2ccc(OCC(F)(F)F)nc2)CCCCC1. The summed E-state index contributed by atoms with van der Waals surface area (Å²) in [4.78, 5) is 16.0. The molecule has 25 heavy (non-hydrogen) atoms. The van der Waals surface area contributed by atoms with Crippen molar-refractivity contribution in [2.75, 3.05) is 13.2 Å². The van der Waals surface area contributed by atoms with Gasteiger partial charge in [0.1, 0.15) is 0 Å². The first-order valence-corrected chi connectivity index (χ1v) is 8.43. The summed E-state index contributed by atoms with van der Waals surface area (Å²) >= 11 is 0. The van der Waals surface area contributed by atoms with Crippen molar-refractivity contribution < 1.29 is 22.7 Å². The van der Waals surface area contributed by atoms with Crippen LogP contribution in [0.25, 0.3) is 0 Å². The Balaban J connectivity index is 1.79. The van der Waals surface area contributed by atoms with E-state index in [0.717, 1.165) is 25.7 Å². The molecule has 1 aromatic rings. The van der Waals surface area contributed by atoms with Gasteiger partial charge in [-0.2, -0.15) is 13.2 Å². The van der Waals surface area contributed by atoms with Crippen LogP contribution in [-0.4, -0.2) is 30.2 Å². The molecule has 1 amide bonds. The van der Waals surface area contributed by atoms with Gasteiger partial charge in [0.15, 0.2) is 6.61 Å². The quantitative estimate of drug-likeness (QED) is 0.785. The minimum Gasteiger partial charge on any atom is -0.468 e. The van der Waals surface area contributed by atoms with Gasteiger partial charge >= 0.3 is 6.18 Å². The zero-order valence-electron chi connectivity index (χ0n) is 14.1. The first-order chi connectivity index (χ1) is 11.8. The molecule has 1 aliphatic rings. The van der Waals surface area contributed by atoms with Crippen molar-refractivity contribution >= 4 is 5.91 Å². The molecule has 1 fully saturated rings. The van der Waals surface area contributed by atoms with E-state index in [9.17, 15) is 18.0 Å². The van der Waals surface area contributed by atoms with Gasteiger partial charge in [0, 0.05) is 25.2 Å². The van der Waals surface area contributed by atoms with Crippen LogP contribution in [0.5, 0.6) is 5.88 Å². The minimum absolute atomic E-state index is 0.0650. The molecule has 0 spiro atoms. The molecule has 0 bridgehead atoms. The predicted octanol–water partition coefficient (Wildman–Crippen LogP) is 2.94. The van der Waals surface area contributed by atoms with Crippen molar-refractivity contribution in [2.45, 2.75) is 51.2 Å². The summed E-state index contributed by atoms with van der Waals surface area (Å²) in [5.74, 6) is -0.165. The molecule has 8 heteroatoms. The number of carbonyl (C=O) groups excluding carboxylic acids is 1. The minimum atomic E-state index is -4.40. The molecule has 0 radical (unpaired) electrons. The molecule has 0 unspecified atom stereocenters. The number of nitrogens with one attached hydrogen (secondary N) is 1. The number of carbonyl (C=O) groups is 1. The third-order valence-electron chi connectivity index (χ3n) is 4.55. The first-order valence-electron chi connectivity index (χ1n) is 8.43. The van der Waals surface area contributed by atoms with Gasteiger partial charge in [-0.1, -0.05) is 25.3 Å². The number of aromatic nitrogens is 1. The fraction of sp³-hybridized carbons (Fsp3) is 0.647. The Morgan fingerprint density at radius 1 is 1.28 bits per heavy atom. The van der Waals surface area contributed by atoms with Crippen LogP contribution in [0.2, 0.25) is 0 Å². The van der Waals surface area contributed by atoms with Gasteiger partial charge in [-0.3, -0.25) is 4.79 Å². The van der Waals surface area contributed by atoms with E-state index in [1.807, 2.05) is 0 Å². The maximum Gasteiger partial charge on any atom is 0.422 e. The van der Waals surface area contributed by atoms with Crippen LogP contribution in [0.3, 0.4) is 0 Å². The number of amides is 1. The van der Waals surface area contributed by atoms with Crippen molar-refractivity contribution in [1.29, 1.82) is 0 Å². The molecule has 1 heterocycles. The lowest BCUT2D eigenvalue weighted by atomic mass is 9.71. The van der Waals surface area contributed by atoms with E-state index >= 15 is 0 Å². The molecule has 140 valence electrons. The zero-order chi connectivity index (χ0) is 18.3. The number of alkyl halides is 3. The van der Waals surface area contributed by atoms with Crippen molar-refractivity contribution in [1.82, 2.24) is 10.3 Å². The second-order valence-corrected chi connectivity index (χ2v) is 6.63. The molecule has 3 N–H and O–H groups in total. The largest absolute Gasteiger partial charge is 0.468 e. The van der Waals surface area contributed by atoms with E-state index in [2.05, 4.69) is 15.0 Å². The second kappa shape index (κ2) is 8.51. The second-order valence-electron chi connectivity index (χ2n) is 6.63. The van der Waals surface area contributed by atoms with Crippen LogP contribution >= 0.6 is 0 Å². The highest BCUT2D eigenvalue weighted by molar-refractivity contribution is 5.76. The number of pyridine rings is 1. The number of hydrogen-bond acceptors (Lipinski definition) is 4. The van der Waals surface area contributed by atoms with Crippen LogP contribution in [0, 0.1) is 5.41 Å². The van der Waals surface area contributed by atoms with Crippen LogP contribution < -0.4 is 15.8 Å². The monoisotopic (exact) mass is 359 g/mol.